The molecule has 0 bridgehead atoms. The molecule has 5 nitrogen and oxygen atoms in total. The van der Waals surface area contributed by atoms with Crippen LogP contribution in [-0.4, -0.2) is 23.2 Å². The number of benzene rings is 1. The molecule has 0 unspecified atom stereocenters. The highest BCUT2D eigenvalue weighted by molar-refractivity contribution is 5.61. The molecule has 0 atom stereocenters. The Bertz CT molecular complexity index is 867. The van der Waals surface area contributed by atoms with Crippen LogP contribution in [0.1, 0.15) is 24.8 Å². The third-order valence-corrected chi connectivity index (χ3v) is 4.77. The average molecular weight is 361 g/mol. The van der Waals surface area contributed by atoms with Crippen molar-refractivity contribution in [1.82, 2.24) is 9.97 Å². The van der Waals surface area contributed by atoms with E-state index in [0.29, 0.717) is 18.2 Å². The first-order valence-electron chi connectivity index (χ1n) is 9.26. The number of hydrogen-bond donors (Lipinski definition) is 0. The highest BCUT2D eigenvalue weighted by atomic mass is 16.5. The van der Waals surface area contributed by atoms with Gasteiger partial charge in [-0.15, -0.1) is 0 Å². The van der Waals surface area contributed by atoms with Crippen LogP contribution in [0.3, 0.4) is 0 Å². The van der Waals surface area contributed by atoms with E-state index in [1.54, 1.807) is 13.3 Å². The standard InChI is InChI=1S/C22H23N3O2/c1-26-20-12-13-21(24-22(20)27-19-10-5-11-19)25(18-8-3-2-4-9-18)16-17-7-6-14-23-15-17/h2-4,6-9,12-15,19H,5,10-11,16H2,1H3. The first-order chi connectivity index (χ1) is 13.3. The van der Waals surface area contributed by atoms with Crippen molar-refractivity contribution in [3.8, 4) is 11.6 Å². The maximum absolute atomic E-state index is 6.07. The van der Waals surface area contributed by atoms with E-state index in [1.165, 1.54) is 6.42 Å². The van der Waals surface area contributed by atoms with E-state index >= 15 is 0 Å². The van der Waals surface area contributed by atoms with Crippen molar-refractivity contribution in [1.29, 1.82) is 0 Å². The first-order valence-corrected chi connectivity index (χ1v) is 9.26. The Labute approximate surface area is 159 Å². The SMILES string of the molecule is COc1ccc(N(Cc2cccnc2)c2ccccc2)nc1OC1CCC1. The van der Waals surface area contributed by atoms with Gasteiger partial charge >= 0.3 is 0 Å². The summed E-state index contributed by atoms with van der Waals surface area (Å²) in [5.74, 6) is 2.05. The molecule has 2 heterocycles. The molecule has 1 aliphatic carbocycles. The molecule has 2 aromatic heterocycles. The molecular formula is C22H23N3O2. The lowest BCUT2D eigenvalue weighted by Crippen LogP contribution is -2.25. The Kier molecular flexibility index (Phi) is 5.19. The molecule has 0 saturated heterocycles. The molecule has 3 aromatic rings. The molecule has 1 aliphatic rings. The highest BCUT2D eigenvalue weighted by Gasteiger charge is 2.23. The van der Waals surface area contributed by atoms with E-state index in [4.69, 9.17) is 14.5 Å². The lowest BCUT2D eigenvalue weighted by molar-refractivity contribution is 0.110. The monoisotopic (exact) mass is 361 g/mol. The fraction of sp³-hybridized carbons (Fsp3) is 0.273. The number of anilines is 2. The minimum atomic E-state index is 0.241. The van der Waals surface area contributed by atoms with Gasteiger partial charge in [0.05, 0.1) is 13.7 Å². The van der Waals surface area contributed by atoms with Gasteiger partial charge in [0.2, 0.25) is 0 Å². The van der Waals surface area contributed by atoms with Gasteiger partial charge < -0.3 is 14.4 Å². The molecule has 5 heteroatoms. The van der Waals surface area contributed by atoms with E-state index < -0.39 is 0 Å². The predicted octanol–water partition coefficient (Wildman–Crippen LogP) is 4.75. The van der Waals surface area contributed by atoms with Gasteiger partial charge in [-0.3, -0.25) is 4.98 Å². The van der Waals surface area contributed by atoms with Crippen LogP contribution in [0.5, 0.6) is 11.6 Å². The minimum absolute atomic E-state index is 0.241. The molecule has 0 spiro atoms. The Morgan fingerprint density at radius 2 is 1.89 bits per heavy atom. The maximum Gasteiger partial charge on any atom is 0.259 e. The first kappa shape index (κ1) is 17.3. The third-order valence-electron chi connectivity index (χ3n) is 4.77. The van der Waals surface area contributed by atoms with Crippen molar-refractivity contribution in [2.45, 2.75) is 31.9 Å². The molecular weight excluding hydrogens is 338 g/mol. The number of hydrogen-bond acceptors (Lipinski definition) is 5. The van der Waals surface area contributed by atoms with Crippen molar-refractivity contribution in [3.63, 3.8) is 0 Å². The normalized spacial score (nSPS) is 13.7. The van der Waals surface area contributed by atoms with E-state index in [-0.39, 0.29) is 6.10 Å². The van der Waals surface area contributed by atoms with Gasteiger partial charge in [0, 0.05) is 18.1 Å². The van der Waals surface area contributed by atoms with Gasteiger partial charge in [-0.05, 0) is 55.2 Å². The van der Waals surface area contributed by atoms with Crippen molar-refractivity contribution in [2.75, 3.05) is 12.0 Å². The molecule has 0 aliphatic heterocycles. The number of para-hydroxylation sites is 1. The van der Waals surface area contributed by atoms with E-state index in [9.17, 15) is 0 Å². The molecule has 27 heavy (non-hydrogen) atoms. The second kappa shape index (κ2) is 8.08. The molecule has 138 valence electrons. The molecule has 1 fully saturated rings. The summed E-state index contributed by atoms with van der Waals surface area (Å²) in [6.45, 7) is 0.667. The van der Waals surface area contributed by atoms with E-state index in [1.807, 2.05) is 42.6 Å². The number of pyridine rings is 2. The van der Waals surface area contributed by atoms with Gasteiger partial charge in [0.1, 0.15) is 11.9 Å². The molecule has 0 amide bonds. The van der Waals surface area contributed by atoms with Crippen LogP contribution in [0.15, 0.2) is 67.0 Å². The molecule has 4 rings (SSSR count). The van der Waals surface area contributed by atoms with Crippen LogP contribution in [0.2, 0.25) is 0 Å². The van der Waals surface area contributed by atoms with Crippen molar-refractivity contribution < 1.29 is 9.47 Å². The highest BCUT2D eigenvalue weighted by Crippen LogP contribution is 2.34. The predicted molar refractivity (Wildman–Crippen MR) is 106 cm³/mol. The lowest BCUT2D eigenvalue weighted by Gasteiger charge is -2.28. The zero-order valence-electron chi connectivity index (χ0n) is 15.4. The van der Waals surface area contributed by atoms with Gasteiger partial charge in [0.15, 0.2) is 5.75 Å². The summed E-state index contributed by atoms with van der Waals surface area (Å²) in [6.07, 6.45) is 7.27. The van der Waals surface area contributed by atoms with Gasteiger partial charge in [-0.2, -0.15) is 4.98 Å². The van der Waals surface area contributed by atoms with Crippen LogP contribution >= 0.6 is 0 Å². The zero-order valence-corrected chi connectivity index (χ0v) is 15.4. The lowest BCUT2D eigenvalue weighted by atomic mass is 9.96. The Morgan fingerprint density at radius 3 is 2.56 bits per heavy atom. The van der Waals surface area contributed by atoms with Crippen LogP contribution in [0.25, 0.3) is 0 Å². The summed E-state index contributed by atoms with van der Waals surface area (Å²) in [4.78, 5) is 11.2. The fourth-order valence-corrected chi connectivity index (χ4v) is 3.04. The number of aromatic nitrogens is 2. The van der Waals surface area contributed by atoms with Crippen LogP contribution in [0.4, 0.5) is 11.5 Å². The van der Waals surface area contributed by atoms with E-state index in [0.717, 1.165) is 29.9 Å². The van der Waals surface area contributed by atoms with Crippen LogP contribution < -0.4 is 14.4 Å². The van der Waals surface area contributed by atoms with Crippen LogP contribution in [-0.2, 0) is 6.54 Å². The third kappa shape index (κ3) is 4.03. The van der Waals surface area contributed by atoms with Crippen molar-refractivity contribution >= 4 is 11.5 Å². The number of nitrogens with zero attached hydrogens (tertiary/aromatic N) is 3. The number of ether oxygens (including phenoxy) is 2. The molecule has 1 aromatic carbocycles. The summed E-state index contributed by atoms with van der Waals surface area (Å²) in [5.41, 5.74) is 2.18. The average Bonchev–Trinajstić information content (AvgIpc) is 2.70. The summed E-state index contributed by atoms with van der Waals surface area (Å²) in [7, 11) is 1.65. The molecule has 0 radical (unpaired) electrons. The Balaban J connectivity index is 1.69. The Morgan fingerprint density at radius 1 is 1.04 bits per heavy atom. The largest absolute Gasteiger partial charge is 0.491 e. The summed E-state index contributed by atoms with van der Waals surface area (Å²) >= 11 is 0. The quantitative estimate of drug-likeness (QED) is 0.607. The maximum atomic E-state index is 6.07. The molecule has 1 saturated carbocycles. The smallest absolute Gasteiger partial charge is 0.259 e. The number of rotatable bonds is 7. The van der Waals surface area contributed by atoms with Gasteiger partial charge in [0.25, 0.3) is 5.88 Å². The van der Waals surface area contributed by atoms with Gasteiger partial charge in [-0.25, -0.2) is 0 Å². The summed E-state index contributed by atoms with van der Waals surface area (Å²) in [6, 6.07) is 18.1. The van der Waals surface area contributed by atoms with Gasteiger partial charge in [-0.1, -0.05) is 24.3 Å². The fourth-order valence-electron chi connectivity index (χ4n) is 3.04. The minimum Gasteiger partial charge on any atom is -0.491 e. The number of methoxy groups -OCH3 is 1. The van der Waals surface area contributed by atoms with Crippen molar-refractivity contribution in [2.24, 2.45) is 0 Å². The second-order valence-electron chi connectivity index (χ2n) is 6.63. The summed E-state index contributed by atoms with van der Waals surface area (Å²) in [5, 5.41) is 0. The Hall–Kier alpha value is -3.08. The van der Waals surface area contributed by atoms with Crippen LogP contribution in [0, 0.1) is 0 Å². The summed E-state index contributed by atoms with van der Waals surface area (Å²) < 4.78 is 11.5. The second-order valence-corrected chi connectivity index (χ2v) is 6.63. The van der Waals surface area contributed by atoms with Crippen molar-refractivity contribution in [3.05, 3.63) is 72.6 Å². The zero-order chi connectivity index (χ0) is 18.5. The van der Waals surface area contributed by atoms with E-state index in [2.05, 4.69) is 28.1 Å². The topological polar surface area (TPSA) is 47.5 Å². The molecule has 0 N–H and O–H groups in total.